The van der Waals surface area contributed by atoms with Crippen LogP contribution in [-0.4, -0.2) is 14.8 Å². The average molecular weight is 404 g/mol. The number of hydrogen-bond donors (Lipinski definition) is 0. The quantitative estimate of drug-likeness (QED) is 0.361. The fourth-order valence-electron chi connectivity index (χ4n) is 3.15. The summed E-state index contributed by atoms with van der Waals surface area (Å²) in [5.74, 6) is 2.59. The summed E-state index contributed by atoms with van der Waals surface area (Å²) in [6.45, 7) is 7.27. The van der Waals surface area contributed by atoms with Crippen molar-refractivity contribution in [2.75, 3.05) is 0 Å². The Morgan fingerprint density at radius 3 is 2.31 bits per heavy atom. The molecule has 29 heavy (non-hydrogen) atoms. The molecule has 0 fully saturated rings. The Kier molecular flexibility index (Phi) is 5.58. The number of furan rings is 1. The summed E-state index contributed by atoms with van der Waals surface area (Å²) < 4.78 is 7.73. The molecule has 0 saturated heterocycles. The highest BCUT2D eigenvalue weighted by molar-refractivity contribution is 7.98. The maximum atomic E-state index is 5.59. The van der Waals surface area contributed by atoms with Crippen LogP contribution in [0.25, 0.3) is 11.4 Å². The van der Waals surface area contributed by atoms with Crippen LogP contribution in [0.1, 0.15) is 37.7 Å². The third-order valence-corrected chi connectivity index (χ3v) is 5.87. The summed E-state index contributed by atoms with van der Waals surface area (Å²) in [4.78, 5) is 0. The van der Waals surface area contributed by atoms with Crippen LogP contribution in [0.2, 0.25) is 0 Å². The number of nitrogens with zero attached hydrogens (tertiary/aromatic N) is 3. The number of thioether (sulfide) groups is 1. The van der Waals surface area contributed by atoms with Gasteiger partial charge in [0.05, 0.1) is 12.8 Å². The van der Waals surface area contributed by atoms with E-state index < -0.39 is 0 Å². The van der Waals surface area contributed by atoms with Crippen molar-refractivity contribution in [1.29, 1.82) is 0 Å². The molecular weight excluding hydrogens is 378 g/mol. The highest BCUT2D eigenvalue weighted by Gasteiger charge is 2.18. The maximum Gasteiger partial charge on any atom is 0.192 e. The van der Waals surface area contributed by atoms with Crippen LogP contribution in [0.5, 0.6) is 0 Å². The second-order valence-electron chi connectivity index (χ2n) is 8.07. The molecule has 2 aromatic carbocycles. The molecule has 148 valence electrons. The smallest absolute Gasteiger partial charge is 0.192 e. The van der Waals surface area contributed by atoms with Crippen molar-refractivity contribution in [2.24, 2.45) is 0 Å². The molecule has 0 bridgehead atoms. The first-order valence-electron chi connectivity index (χ1n) is 9.74. The summed E-state index contributed by atoms with van der Waals surface area (Å²) in [6, 6.07) is 22.9. The standard InChI is InChI=1S/C24H25N3OS/c1-24(2,3)20-13-11-19(12-14-20)22-25-26-23(27(22)16-21-10-7-15-28-21)29-17-18-8-5-4-6-9-18/h4-15H,16-17H2,1-3H3. The highest BCUT2D eigenvalue weighted by Crippen LogP contribution is 2.29. The van der Waals surface area contributed by atoms with Crippen molar-refractivity contribution >= 4 is 11.8 Å². The molecule has 5 heteroatoms. The Hall–Kier alpha value is -2.79. The molecule has 0 aliphatic heterocycles. The van der Waals surface area contributed by atoms with E-state index in [-0.39, 0.29) is 5.41 Å². The Labute approximate surface area is 176 Å². The second-order valence-corrected chi connectivity index (χ2v) is 9.02. The monoisotopic (exact) mass is 403 g/mol. The first-order valence-corrected chi connectivity index (χ1v) is 10.7. The molecule has 0 aliphatic rings. The van der Waals surface area contributed by atoms with Crippen LogP contribution in [0.4, 0.5) is 0 Å². The lowest BCUT2D eigenvalue weighted by Gasteiger charge is -2.19. The molecule has 0 N–H and O–H groups in total. The summed E-state index contributed by atoms with van der Waals surface area (Å²) in [5.41, 5.74) is 3.75. The fraction of sp³-hybridized carbons (Fsp3) is 0.250. The van der Waals surface area contributed by atoms with E-state index in [1.807, 2.05) is 18.2 Å². The van der Waals surface area contributed by atoms with Crippen LogP contribution in [0.3, 0.4) is 0 Å². The molecule has 4 nitrogen and oxygen atoms in total. The molecule has 0 spiro atoms. The average Bonchev–Trinajstić information content (AvgIpc) is 3.37. The van der Waals surface area contributed by atoms with Crippen molar-refractivity contribution in [3.63, 3.8) is 0 Å². The Bertz CT molecular complexity index is 1050. The molecule has 0 unspecified atom stereocenters. The Morgan fingerprint density at radius 1 is 0.897 bits per heavy atom. The van der Waals surface area contributed by atoms with Crippen LogP contribution >= 0.6 is 11.8 Å². The minimum atomic E-state index is 0.122. The van der Waals surface area contributed by atoms with Gasteiger partial charge in [-0.25, -0.2) is 0 Å². The number of aromatic nitrogens is 3. The van der Waals surface area contributed by atoms with Crippen molar-refractivity contribution in [3.8, 4) is 11.4 Å². The molecule has 4 rings (SSSR count). The molecule has 0 radical (unpaired) electrons. The van der Waals surface area contributed by atoms with Crippen LogP contribution in [-0.2, 0) is 17.7 Å². The fourth-order valence-corrected chi connectivity index (χ4v) is 4.04. The SMILES string of the molecule is CC(C)(C)c1ccc(-c2nnc(SCc3ccccc3)n2Cc2ccco2)cc1. The predicted molar refractivity (Wildman–Crippen MR) is 118 cm³/mol. The lowest BCUT2D eigenvalue weighted by molar-refractivity contribution is 0.485. The molecule has 0 aliphatic carbocycles. The Morgan fingerprint density at radius 2 is 1.66 bits per heavy atom. The maximum absolute atomic E-state index is 5.59. The van der Waals surface area contributed by atoms with Gasteiger partial charge >= 0.3 is 0 Å². The van der Waals surface area contributed by atoms with Gasteiger partial charge in [-0.1, -0.05) is 87.1 Å². The van der Waals surface area contributed by atoms with Gasteiger partial charge in [0.2, 0.25) is 0 Å². The number of rotatable bonds is 6. The molecule has 2 heterocycles. The van der Waals surface area contributed by atoms with E-state index >= 15 is 0 Å². The van der Waals surface area contributed by atoms with Gasteiger partial charge in [0, 0.05) is 11.3 Å². The Balaban J connectivity index is 1.65. The topological polar surface area (TPSA) is 43.9 Å². The van der Waals surface area contributed by atoms with E-state index in [2.05, 4.69) is 84.1 Å². The van der Waals surface area contributed by atoms with Gasteiger partial charge in [0.25, 0.3) is 0 Å². The van der Waals surface area contributed by atoms with E-state index in [1.54, 1.807) is 18.0 Å². The zero-order valence-corrected chi connectivity index (χ0v) is 17.8. The molecule has 0 saturated carbocycles. The van der Waals surface area contributed by atoms with E-state index in [1.165, 1.54) is 11.1 Å². The molecule has 2 aromatic heterocycles. The summed E-state index contributed by atoms with van der Waals surface area (Å²) in [6.07, 6.45) is 1.70. The van der Waals surface area contributed by atoms with Crippen LogP contribution in [0, 0.1) is 0 Å². The minimum Gasteiger partial charge on any atom is -0.467 e. The van der Waals surface area contributed by atoms with Crippen molar-refractivity contribution in [3.05, 3.63) is 89.9 Å². The zero-order chi connectivity index (χ0) is 20.3. The lowest BCUT2D eigenvalue weighted by Crippen LogP contribution is -2.10. The van der Waals surface area contributed by atoms with Gasteiger partial charge in [-0.2, -0.15) is 0 Å². The number of benzene rings is 2. The van der Waals surface area contributed by atoms with Gasteiger partial charge < -0.3 is 4.42 Å². The molecule has 0 amide bonds. The van der Waals surface area contributed by atoms with E-state index in [9.17, 15) is 0 Å². The lowest BCUT2D eigenvalue weighted by atomic mass is 9.87. The highest BCUT2D eigenvalue weighted by atomic mass is 32.2. The van der Waals surface area contributed by atoms with E-state index in [4.69, 9.17) is 4.42 Å². The zero-order valence-electron chi connectivity index (χ0n) is 17.0. The summed E-state index contributed by atoms with van der Waals surface area (Å²) in [5, 5.41) is 9.90. The van der Waals surface area contributed by atoms with Gasteiger partial charge in [-0.3, -0.25) is 4.57 Å². The number of hydrogen-bond acceptors (Lipinski definition) is 4. The second kappa shape index (κ2) is 8.29. The summed E-state index contributed by atoms with van der Waals surface area (Å²) in [7, 11) is 0. The predicted octanol–water partition coefficient (Wildman–Crippen LogP) is 6.18. The first kappa shape index (κ1) is 19.5. The third-order valence-electron chi connectivity index (χ3n) is 4.83. The van der Waals surface area contributed by atoms with Crippen LogP contribution < -0.4 is 0 Å². The van der Waals surface area contributed by atoms with Gasteiger partial charge in [-0.05, 0) is 28.7 Å². The van der Waals surface area contributed by atoms with Gasteiger partial charge in [-0.15, -0.1) is 10.2 Å². The molecular formula is C24H25N3OS. The minimum absolute atomic E-state index is 0.122. The van der Waals surface area contributed by atoms with Crippen molar-refractivity contribution < 1.29 is 4.42 Å². The normalized spacial score (nSPS) is 11.7. The van der Waals surface area contributed by atoms with Gasteiger partial charge in [0.1, 0.15) is 5.76 Å². The summed E-state index contributed by atoms with van der Waals surface area (Å²) >= 11 is 1.69. The van der Waals surface area contributed by atoms with Crippen molar-refractivity contribution in [1.82, 2.24) is 14.8 Å². The third kappa shape index (κ3) is 4.62. The first-order chi connectivity index (χ1) is 14.0. The largest absolute Gasteiger partial charge is 0.467 e. The molecule has 4 aromatic rings. The van der Waals surface area contributed by atoms with Crippen LogP contribution in [0.15, 0.2) is 82.6 Å². The van der Waals surface area contributed by atoms with E-state index in [0.29, 0.717) is 6.54 Å². The van der Waals surface area contributed by atoms with E-state index in [0.717, 1.165) is 28.1 Å². The van der Waals surface area contributed by atoms with Crippen molar-refractivity contribution in [2.45, 2.75) is 43.6 Å². The van der Waals surface area contributed by atoms with Gasteiger partial charge in [0.15, 0.2) is 11.0 Å². The molecule has 0 atom stereocenters.